The fraction of sp³-hybridized carbons (Fsp3) is 0.485. The molecular formula is C33H36F3N5O4. The zero-order valence-electron chi connectivity index (χ0n) is 25.1. The van der Waals surface area contributed by atoms with Crippen molar-refractivity contribution in [1.82, 2.24) is 19.9 Å². The zero-order chi connectivity index (χ0) is 31.3. The molecule has 7 rings (SSSR count). The van der Waals surface area contributed by atoms with Crippen molar-refractivity contribution in [2.75, 3.05) is 50.9 Å². The number of aliphatic hydroxyl groups excluding tert-OH is 1. The third-order valence-electron chi connectivity index (χ3n) is 9.49. The van der Waals surface area contributed by atoms with Crippen molar-refractivity contribution in [3.05, 3.63) is 47.7 Å². The molecule has 9 nitrogen and oxygen atoms in total. The van der Waals surface area contributed by atoms with Gasteiger partial charge in [0.2, 0.25) is 0 Å². The molecule has 2 aromatic carbocycles. The summed E-state index contributed by atoms with van der Waals surface area (Å²) in [7, 11) is 0. The van der Waals surface area contributed by atoms with E-state index in [9.17, 15) is 19.0 Å². The molecule has 0 saturated carbocycles. The molecule has 3 atom stereocenters. The van der Waals surface area contributed by atoms with Crippen LogP contribution in [0.2, 0.25) is 0 Å². The van der Waals surface area contributed by atoms with Crippen LogP contribution in [0, 0.1) is 11.6 Å². The second-order valence-corrected chi connectivity index (χ2v) is 12.3. The first-order valence-corrected chi connectivity index (χ1v) is 15.6. The van der Waals surface area contributed by atoms with E-state index < -0.39 is 29.4 Å². The van der Waals surface area contributed by atoms with Gasteiger partial charge in [-0.3, -0.25) is 9.88 Å². The van der Waals surface area contributed by atoms with Crippen LogP contribution in [0.5, 0.6) is 11.8 Å². The van der Waals surface area contributed by atoms with E-state index in [-0.39, 0.29) is 41.7 Å². The maximum Gasteiger partial charge on any atom is 0.319 e. The maximum absolute atomic E-state index is 16.8. The van der Waals surface area contributed by atoms with E-state index in [4.69, 9.17) is 14.5 Å². The van der Waals surface area contributed by atoms with Crippen molar-refractivity contribution in [2.24, 2.45) is 0 Å². The number of halogens is 3. The number of phenolic OH excluding ortho intramolecular Hbond substituents is 1. The van der Waals surface area contributed by atoms with Crippen LogP contribution in [0.3, 0.4) is 0 Å². The molecule has 3 saturated heterocycles. The largest absolute Gasteiger partial charge is 0.508 e. The molecule has 3 aliphatic heterocycles. The highest BCUT2D eigenvalue weighted by Crippen LogP contribution is 2.42. The van der Waals surface area contributed by atoms with E-state index in [1.54, 1.807) is 6.07 Å². The number of phenols is 1. The highest BCUT2D eigenvalue weighted by Gasteiger charge is 2.49. The number of aromatic hydroxyl groups is 1. The van der Waals surface area contributed by atoms with Gasteiger partial charge in [-0.1, -0.05) is 13.0 Å². The molecule has 0 bridgehead atoms. The van der Waals surface area contributed by atoms with E-state index in [1.807, 2.05) is 11.8 Å². The summed E-state index contributed by atoms with van der Waals surface area (Å²) < 4.78 is 58.1. The van der Waals surface area contributed by atoms with Gasteiger partial charge in [-0.2, -0.15) is 9.97 Å². The summed E-state index contributed by atoms with van der Waals surface area (Å²) in [5.41, 5.74) is 0.0289. The van der Waals surface area contributed by atoms with Crippen molar-refractivity contribution < 1.29 is 32.9 Å². The Morgan fingerprint density at radius 3 is 2.82 bits per heavy atom. The Morgan fingerprint density at radius 1 is 1.13 bits per heavy atom. The molecule has 0 aliphatic carbocycles. The van der Waals surface area contributed by atoms with Gasteiger partial charge in [-0.15, -0.1) is 0 Å². The van der Waals surface area contributed by atoms with Gasteiger partial charge in [0.25, 0.3) is 0 Å². The monoisotopic (exact) mass is 623 g/mol. The molecule has 3 aliphatic rings. The number of alkyl halides is 1. The smallest absolute Gasteiger partial charge is 0.319 e. The lowest BCUT2D eigenvalue weighted by Crippen LogP contribution is -2.43. The number of fused-ring (bicyclic) bond motifs is 3. The average Bonchev–Trinajstić information content (AvgIpc) is 3.44. The summed E-state index contributed by atoms with van der Waals surface area (Å²) in [6.07, 6.45) is 3.18. The molecule has 0 amide bonds. The Hall–Kier alpha value is -3.74. The minimum atomic E-state index is -0.935. The summed E-state index contributed by atoms with van der Waals surface area (Å²) in [6.45, 7) is 4.24. The van der Waals surface area contributed by atoms with Crippen LogP contribution >= 0.6 is 0 Å². The predicted molar refractivity (Wildman–Crippen MR) is 163 cm³/mol. The van der Waals surface area contributed by atoms with Crippen LogP contribution < -0.4 is 9.64 Å². The van der Waals surface area contributed by atoms with Gasteiger partial charge in [0, 0.05) is 44.4 Å². The highest BCUT2D eigenvalue weighted by molar-refractivity contribution is 6.01. The van der Waals surface area contributed by atoms with Gasteiger partial charge in [0.1, 0.15) is 41.4 Å². The molecule has 2 unspecified atom stereocenters. The minimum Gasteiger partial charge on any atom is -0.508 e. The van der Waals surface area contributed by atoms with Gasteiger partial charge in [-0.05, 0) is 66.8 Å². The van der Waals surface area contributed by atoms with Crippen LogP contribution in [-0.2, 0) is 11.2 Å². The molecule has 0 spiro atoms. The van der Waals surface area contributed by atoms with Crippen molar-refractivity contribution in [3.8, 4) is 23.0 Å². The van der Waals surface area contributed by atoms with E-state index in [2.05, 4.69) is 14.9 Å². The lowest BCUT2D eigenvalue weighted by atomic mass is 9.94. The van der Waals surface area contributed by atoms with E-state index in [1.165, 1.54) is 24.4 Å². The number of rotatable bonds is 7. The zero-order valence-corrected chi connectivity index (χ0v) is 25.1. The third kappa shape index (κ3) is 5.32. The molecule has 238 valence electrons. The molecule has 12 heteroatoms. The lowest BCUT2D eigenvalue weighted by Gasteiger charge is -2.31. The molecule has 0 radical (unpaired) electrons. The number of anilines is 1. The van der Waals surface area contributed by atoms with E-state index >= 15 is 4.39 Å². The third-order valence-corrected chi connectivity index (χ3v) is 9.49. The SMILES string of the molecule is CCc1c(F)ccc2cc(O)cc(-c3ncc4c(N5CCCOC(CO)C5)nc(OC[C@@]56CCCN5CC(F)C6)nc4c3F)c12. The standard InChI is InChI=1S/C33H36F3N5O4/c1-2-23-26(35)6-5-19-11-21(43)12-24(27(19)23)29-28(36)30-25(14-37-29)31(40-8-4-10-44-22(16-40)17-42)39-32(38-30)45-18-33-7-3-9-41(33)15-20(34)13-33/h5-6,11-12,14,20,22,42-43H,2-4,7-10,13,15-18H2,1H3/t20?,22?,33-/m0/s1. The molecule has 3 fully saturated rings. The van der Waals surface area contributed by atoms with Crippen LogP contribution in [0.1, 0.15) is 38.2 Å². The van der Waals surface area contributed by atoms with Crippen LogP contribution in [0.25, 0.3) is 32.9 Å². The van der Waals surface area contributed by atoms with Crippen molar-refractivity contribution in [1.29, 1.82) is 0 Å². The van der Waals surface area contributed by atoms with Crippen LogP contribution in [0.15, 0.2) is 30.5 Å². The van der Waals surface area contributed by atoms with Crippen molar-refractivity contribution in [3.63, 3.8) is 0 Å². The summed E-state index contributed by atoms with van der Waals surface area (Å²) in [6, 6.07) is 5.73. The lowest BCUT2D eigenvalue weighted by molar-refractivity contribution is 0.0266. The number of aryl methyl sites for hydroxylation is 1. The highest BCUT2D eigenvalue weighted by atomic mass is 19.1. The van der Waals surface area contributed by atoms with Gasteiger partial charge in [-0.25, -0.2) is 13.2 Å². The molecule has 2 N–H and O–H groups in total. The molecule has 45 heavy (non-hydrogen) atoms. The molecule has 4 aromatic rings. The number of benzene rings is 2. The minimum absolute atomic E-state index is 0.0489. The fourth-order valence-corrected chi connectivity index (χ4v) is 7.39. The summed E-state index contributed by atoms with van der Waals surface area (Å²) in [5, 5.41) is 21.8. The fourth-order valence-electron chi connectivity index (χ4n) is 7.39. The second-order valence-electron chi connectivity index (χ2n) is 12.3. The van der Waals surface area contributed by atoms with Crippen molar-refractivity contribution in [2.45, 2.75) is 56.8 Å². The molecular weight excluding hydrogens is 587 g/mol. The van der Waals surface area contributed by atoms with E-state index in [0.29, 0.717) is 73.0 Å². The van der Waals surface area contributed by atoms with Gasteiger partial charge >= 0.3 is 6.01 Å². The van der Waals surface area contributed by atoms with Crippen molar-refractivity contribution >= 4 is 27.5 Å². The van der Waals surface area contributed by atoms with Gasteiger partial charge in [0.05, 0.1) is 23.6 Å². The number of aliphatic hydroxyl groups is 1. The van der Waals surface area contributed by atoms with E-state index in [0.717, 1.165) is 19.4 Å². The number of pyridine rings is 1. The Morgan fingerprint density at radius 2 is 2.00 bits per heavy atom. The number of nitrogens with zero attached hydrogens (tertiary/aromatic N) is 5. The number of hydrogen-bond donors (Lipinski definition) is 2. The van der Waals surface area contributed by atoms with Gasteiger partial charge < -0.3 is 24.6 Å². The average molecular weight is 624 g/mol. The number of ether oxygens (including phenoxy) is 2. The Balaban J connectivity index is 1.38. The number of aromatic nitrogens is 3. The molecule has 2 aromatic heterocycles. The van der Waals surface area contributed by atoms with Crippen LogP contribution in [-0.4, -0.2) is 93.9 Å². The summed E-state index contributed by atoms with van der Waals surface area (Å²) >= 11 is 0. The summed E-state index contributed by atoms with van der Waals surface area (Å²) in [5.74, 6) is -0.923. The Labute approximate surface area is 258 Å². The maximum atomic E-state index is 16.8. The first kappa shape index (κ1) is 29.9. The Kier molecular flexibility index (Phi) is 7.91. The first-order chi connectivity index (χ1) is 21.8. The van der Waals surface area contributed by atoms with Crippen LogP contribution in [0.4, 0.5) is 19.0 Å². The second kappa shape index (κ2) is 11.9. The first-order valence-electron chi connectivity index (χ1n) is 15.6. The quantitative estimate of drug-likeness (QED) is 0.297. The number of hydrogen-bond acceptors (Lipinski definition) is 9. The van der Waals surface area contributed by atoms with Gasteiger partial charge in [0.15, 0.2) is 5.82 Å². The molecule has 5 heterocycles. The normalized spacial score (nSPS) is 24.0. The topological polar surface area (TPSA) is 104 Å². The summed E-state index contributed by atoms with van der Waals surface area (Å²) in [4.78, 5) is 17.8. The predicted octanol–water partition coefficient (Wildman–Crippen LogP) is 4.93. The Bertz CT molecular complexity index is 1760.